The number of halogens is 1. The average molecular weight is 372 g/mol. The van der Waals surface area contributed by atoms with Gasteiger partial charge in [-0.05, 0) is 56.0 Å². The highest BCUT2D eigenvalue weighted by Crippen LogP contribution is 2.18. The fourth-order valence-electron chi connectivity index (χ4n) is 2.60. The summed E-state index contributed by atoms with van der Waals surface area (Å²) in [5.74, 6) is 0.656. The van der Waals surface area contributed by atoms with Gasteiger partial charge in [-0.15, -0.1) is 0 Å². The number of benzene rings is 1. The molecule has 0 saturated carbocycles. The summed E-state index contributed by atoms with van der Waals surface area (Å²) in [5.41, 5.74) is 2.45. The summed E-state index contributed by atoms with van der Waals surface area (Å²) in [6, 6.07) is 8.50. The number of aliphatic imine (C=N–C) groups is 1. The predicted octanol–water partition coefficient (Wildman–Crippen LogP) is 3.48. The number of aromatic nitrogens is 1. The SMILES string of the molecule is CCNC(=NCC(CC)Oc1ccccc1F)NCCc1ccncc1C. The lowest BCUT2D eigenvalue weighted by Gasteiger charge is -2.17. The molecule has 6 heteroatoms. The minimum atomic E-state index is -0.349. The number of guanidine groups is 1. The summed E-state index contributed by atoms with van der Waals surface area (Å²) in [6.07, 6.45) is 5.14. The third kappa shape index (κ3) is 6.89. The zero-order chi connectivity index (χ0) is 19.5. The molecular formula is C21H29FN4O. The van der Waals surface area contributed by atoms with Gasteiger partial charge in [0.05, 0.1) is 6.54 Å². The van der Waals surface area contributed by atoms with E-state index < -0.39 is 0 Å². The van der Waals surface area contributed by atoms with Gasteiger partial charge < -0.3 is 15.4 Å². The highest BCUT2D eigenvalue weighted by atomic mass is 19.1. The van der Waals surface area contributed by atoms with Crippen LogP contribution in [0.3, 0.4) is 0 Å². The first-order valence-corrected chi connectivity index (χ1v) is 9.46. The van der Waals surface area contributed by atoms with Crippen molar-refractivity contribution in [1.82, 2.24) is 15.6 Å². The first-order chi connectivity index (χ1) is 13.1. The number of rotatable bonds is 9. The van der Waals surface area contributed by atoms with Crippen LogP contribution in [0.4, 0.5) is 4.39 Å². The van der Waals surface area contributed by atoms with Gasteiger partial charge in [0, 0.05) is 25.5 Å². The van der Waals surface area contributed by atoms with Gasteiger partial charge in [0.1, 0.15) is 6.10 Å². The first-order valence-electron chi connectivity index (χ1n) is 9.46. The Hall–Kier alpha value is -2.63. The molecule has 0 bridgehead atoms. The molecule has 146 valence electrons. The Bertz CT molecular complexity index is 736. The van der Waals surface area contributed by atoms with Crippen LogP contribution in [0.2, 0.25) is 0 Å². The molecule has 5 nitrogen and oxygen atoms in total. The molecule has 0 radical (unpaired) electrons. The maximum atomic E-state index is 13.8. The van der Waals surface area contributed by atoms with Crippen LogP contribution in [0.15, 0.2) is 47.7 Å². The topological polar surface area (TPSA) is 58.5 Å². The average Bonchev–Trinajstić information content (AvgIpc) is 2.67. The van der Waals surface area contributed by atoms with Crippen LogP contribution in [0.5, 0.6) is 5.75 Å². The van der Waals surface area contributed by atoms with Gasteiger partial charge in [-0.25, -0.2) is 9.38 Å². The lowest BCUT2D eigenvalue weighted by molar-refractivity contribution is 0.196. The van der Waals surface area contributed by atoms with Crippen molar-refractivity contribution in [2.45, 2.75) is 39.7 Å². The van der Waals surface area contributed by atoms with E-state index in [0.29, 0.717) is 6.54 Å². The van der Waals surface area contributed by atoms with Crippen molar-refractivity contribution in [3.63, 3.8) is 0 Å². The van der Waals surface area contributed by atoms with Gasteiger partial charge >= 0.3 is 0 Å². The van der Waals surface area contributed by atoms with Crippen LogP contribution in [0.25, 0.3) is 0 Å². The summed E-state index contributed by atoms with van der Waals surface area (Å²) in [4.78, 5) is 8.72. The molecule has 27 heavy (non-hydrogen) atoms. The van der Waals surface area contributed by atoms with Crippen LogP contribution >= 0.6 is 0 Å². The molecule has 1 aromatic heterocycles. The highest BCUT2D eigenvalue weighted by Gasteiger charge is 2.11. The van der Waals surface area contributed by atoms with E-state index in [0.717, 1.165) is 31.9 Å². The molecule has 1 atom stereocenters. The second kappa shape index (κ2) is 11.2. The second-order valence-electron chi connectivity index (χ2n) is 6.28. The van der Waals surface area contributed by atoms with Crippen LogP contribution < -0.4 is 15.4 Å². The molecule has 0 fully saturated rings. The van der Waals surface area contributed by atoms with E-state index in [2.05, 4.69) is 27.5 Å². The van der Waals surface area contributed by atoms with E-state index in [1.807, 2.05) is 32.3 Å². The van der Waals surface area contributed by atoms with E-state index in [4.69, 9.17) is 4.74 Å². The molecule has 0 amide bonds. The molecule has 0 spiro atoms. The molecule has 1 unspecified atom stereocenters. The molecule has 0 saturated heterocycles. The van der Waals surface area contributed by atoms with Gasteiger partial charge in [-0.1, -0.05) is 19.1 Å². The number of hydrogen-bond acceptors (Lipinski definition) is 3. The van der Waals surface area contributed by atoms with E-state index in [1.54, 1.807) is 18.2 Å². The lowest BCUT2D eigenvalue weighted by Crippen LogP contribution is -2.39. The number of nitrogens with one attached hydrogen (secondary N) is 2. The van der Waals surface area contributed by atoms with E-state index in [-0.39, 0.29) is 17.7 Å². The molecule has 1 aromatic carbocycles. The summed E-state index contributed by atoms with van der Waals surface area (Å²) >= 11 is 0. The van der Waals surface area contributed by atoms with Crippen molar-refractivity contribution in [3.05, 3.63) is 59.7 Å². The molecule has 0 aliphatic carbocycles. The predicted molar refractivity (Wildman–Crippen MR) is 108 cm³/mol. The Kier molecular flexibility index (Phi) is 8.55. The quantitative estimate of drug-likeness (QED) is 0.523. The molecule has 0 aliphatic rings. The monoisotopic (exact) mass is 372 g/mol. The van der Waals surface area contributed by atoms with Crippen LogP contribution in [0, 0.1) is 12.7 Å². The Labute approximate surface area is 161 Å². The van der Waals surface area contributed by atoms with Crippen molar-refractivity contribution in [1.29, 1.82) is 0 Å². The number of hydrogen-bond donors (Lipinski definition) is 2. The standard InChI is InChI=1S/C21H29FN4O/c1-4-18(27-20-9-7-6-8-19(20)22)15-26-21(24-5-2)25-13-11-17-10-12-23-14-16(17)3/h6-10,12,14,18H,4-5,11,13,15H2,1-3H3,(H2,24,25,26). The van der Waals surface area contributed by atoms with E-state index in [1.165, 1.54) is 17.2 Å². The minimum absolute atomic E-state index is 0.181. The molecule has 1 heterocycles. The van der Waals surface area contributed by atoms with Crippen molar-refractivity contribution in [2.24, 2.45) is 4.99 Å². The van der Waals surface area contributed by atoms with Gasteiger partial charge in [0.25, 0.3) is 0 Å². The van der Waals surface area contributed by atoms with Gasteiger partial charge in [0.2, 0.25) is 0 Å². The van der Waals surface area contributed by atoms with Crippen LogP contribution in [-0.4, -0.2) is 36.7 Å². The Morgan fingerprint density at radius 2 is 2.04 bits per heavy atom. The molecule has 2 aromatic rings. The normalized spacial score (nSPS) is 12.5. The fraction of sp³-hybridized carbons (Fsp3) is 0.429. The molecular weight excluding hydrogens is 343 g/mol. The Balaban J connectivity index is 1.90. The second-order valence-corrected chi connectivity index (χ2v) is 6.28. The maximum absolute atomic E-state index is 13.8. The van der Waals surface area contributed by atoms with Gasteiger partial charge in [0.15, 0.2) is 17.5 Å². The molecule has 0 aliphatic heterocycles. The number of pyridine rings is 1. The van der Waals surface area contributed by atoms with Gasteiger partial charge in [-0.2, -0.15) is 0 Å². The zero-order valence-electron chi connectivity index (χ0n) is 16.3. The van der Waals surface area contributed by atoms with Gasteiger partial charge in [-0.3, -0.25) is 4.98 Å². The molecule has 2 N–H and O–H groups in total. The van der Waals surface area contributed by atoms with Crippen LogP contribution in [-0.2, 0) is 6.42 Å². The lowest BCUT2D eigenvalue weighted by atomic mass is 10.1. The maximum Gasteiger partial charge on any atom is 0.191 e. The van der Waals surface area contributed by atoms with Crippen molar-refractivity contribution in [3.8, 4) is 5.75 Å². The minimum Gasteiger partial charge on any atom is -0.485 e. The highest BCUT2D eigenvalue weighted by molar-refractivity contribution is 5.79. The van der Waals surface area contributed by atoms with E-state index >= 15 is 0 Å². The van der Waals surface area contributed by atoms with Crippen molar-refractivity contribution < 1.29 is 9.13 Å². The Morgan fingerprint density at radius 1 is 1.22 bits per heavy atom. The fourth-order valence-corrected chi connectivity index (χ4v) is 2.60. The smallest absolute Gasteiger partial charge is 0.191 e. The Morgan fingerprint density at radius 3 is 2.74 bits per heavy atom. The van der Waals surface area contributed by atoms with Crippen molar-refractivity contribution in [2.75, 3.05) is 19.6 Å². The number of nitrogens with zero attached hydrogens (tertiary/aromatic N) is 2. The third-order valence-electron chi connectivity index (χ3n) is 4.21. The third-order valence-corrected chi connectivity index (χ3v) is 4.21. The van der Waals surface area contributed by atoms with Crippen LogP contribution in [0.1, 0.15) is 31.4 Å². The molecule has 2 rings (SSSR count). The number of para-hydroxylation sites is 1. The summed E-state index contributed by atoms with van der Waals surface area (Å²) in [7, 11) is 0. The first kappa shape index (κ1) is 20.7. The number of ether oxygens (including phenoxy) is 1. The zero-order valence-corrected chi connectivity index (χ0v) is 16.3. The summed E-state index contributed by atoms with van der Waals surface area (Å²) < 4.78 is 19.5. The summed E-state index contributed by atoms with van der Waals surface area (Å²) in [6.45, 7) is 8.08. The van der Waals surface area contributed by atoms with Crippen molar-refractivity contribution >= 4 is 5.96 Å². The summed E-state index contributed by atoms with van der Waals surface area (Å²) in [5, 5.41) is 6.58. The largest absolute Gasteiger partial charge is 0.485 e. The van der Waals surface area contributed by atoms with E-state index in [9.17, 15) is 4.39 Å². The number of aryl methyl sites for hydroxylation is 1.